The summed E-state index contributed by atoms with van der Waals surface area (Å²) < 4.78 is 15.8. The molecular weight excluding hydrogens is 184 g/mol. The van der Waals surface area contributed by atoms with Crippen LogP contribution in [0.2, 0.25) is 0 Å². The van der Waals surface area contributed by atoms with Gasteiger partial charge in [0, 0.05) is 33.8 Å². The predicted molar refractivity (Wildman–Crippen MR) is 54.6 cm³/mol. The molecule has 0 rings (SSSR count). The Morgan fingerprint density at radius 2 is 1.57 bits per heavy atom. The molecule has 86 valence electrons. The fraction of sp³-hybridized carbons (Fsp3) is 1.00. The highest BCUT2D eigenvalue weighted by molar-refractivity contribution is 4.89. The van der Waals surface area contributed by atoms with Crippen molar-refractivity contribution in [3.63, 3.8) is 0 Å². The van der Waals surface area contributed by atoms with E-state index in [1.165, 1.54) is 21.3 Å². The highest BCUT2D eigenvalue weighted by Crippen LogP contribution is 2.29. The van der Waals surface area contributed by atoms with Crippen LogP contribution in [-0.2, 0) is 14.2 Å². The molecule has 4 N–H and O–H groups in total. The maximum atomic E-state index is 5.94. The maximum absolute atomic E-state index is 5.94. The summed E-state index contributed by atoms with van der Waals surface area (Å²) in [6.45, 7) is 3.56. The van der Waals surface area contributed by atoms with E-state index in [9.17, 15) is 0 Å². The minimum absolute atomic E-state index is 0.0899. The third-order valence-electron chi connectivity index (χ3n) is 2.43. The van der Waals surface area contributed by atoms with Gasteiger partial charge in [0.05, 0.1) is 0 Å². The summed E-state index contributed by atoms with van der Waals surface area (Å²) in [4.78, 5) is 0. The third kappa shape index (κ3) is 2.65. The van der Waals surface area contributed by atoms with Gasteiger partial charge in [0.2, 0.25) is 5.79 Å². The van der Waals surface area contributed by atoms with Crippen molar-refractivity contribution in [3.05, 3.63) is 0 Å². The molecule has 0 aliphatic heterocycles. The van der Waals surface area contributed by atoms with Crippen LogP contribution in [0.3, 0.4) is 0 Å². The molecule has 0 aliphatic carbocycles. The number of rotatable bonds is 6. The van der Waals surface area contributed by atoms with Crippen molar-refractivity contribution in [1.82, 2.24) is 0 Å². The van der Waals surface area contributed by atoms with Crippen LogP contribution < -0.4 is 11.5 Å². The van der Waals surface area contributed by atoms with Crippen LogP contribution >= 0.6 is 0 Å². The number of hydrogen-bond donors (Lipinski definition) is 2. The largest absolute Gasteiger partial charge is 0.359 e. The Hall–Kier alpha value is -0.200. The van der Waals surface area contributed by atoms with Crippen molar-refractivity contribution < 1.29 is 14.2 Å². The first-order chi connectivity index (χ1) is 6.35. The van der Waals surface area contributed by atoms with Crippen molar-refractivity contribution in [2.75, 3.05) is 21.3 Å². The van der Waals surface area contributed by atoms with Gasteiger partial charge in [-0.3, -0.25) is 5.73 Å². The molecule has 2 atom stereocenters. The molecule has 0 spiro atoms. The predicted octanol–water partition coefficient (Wildman–Crippen LogP) is 0.0341. The molecule has 0 fully saturated rings. The van der Waals surface area contributed by atoms with Gasteiger partial charge in [-0.05, 0) is 13.8 Å². The summed E-state index contributed by atoms with van der Waals surface area (Å²) in [7, 11) is 4.56. The molecule has 5 heteroatoms. The molecule has 2 unspecified atom stereocenters. The lowest BCUT2D eigenvalue weighted by atomic mass is 9.97. The van der Waals surface area contributed by atoms with Gasteiger partial charge in [-0.15, -0.1) is 0 Å². The maximum Gasteiger partial charge on any atom is 0.212 e. The summed E-state index contributed by atoms with van der Waals surface area (Å²) in [5, 5.41) is 0. The van der Waals surface area contributed by atoms with Gasteiger partial charge in [0.25, 0.3) is 0 Å². The van der Waals surface area contributed by atoms with Crippen molar-refractivity contribution >= 4 is 0 Å². The average Bonchev–Trinajstić information content (AvgIpc) is 2.13. The lowest BCUT2D eigenvalue weighted by Crippen LogP contribution is -2.63. The SMILES string of the molecule is COC(C)(N)C(CC(C)N)(OC)OC. The van der Waals surface area contributed by atoms with E-state index in [2.05, 4.69) is 0 Å². The van der Waals surface area contributed by atoms with Gasteiger partial charge in [-0.1, -0.05) is 0 Å². The van der Waals surface area contributed by atoms with Crippen LogP contribution in [0.1, 0.15) is 20.3 Å². The van der Waals surface area contributed by atoms with Crippen molar-refractivity contribution in [2.45, 2.75) is 37.8 Å². The summed E-state index contributed by atoms with van der Waals surface area (Å²) >= 11 is 0. The Morgan fingerprint density at radius 3 is 1.79 bits per heavy atom. The third-order valence-corrected chi connectivity index (χ3v) is 2.43. The number of nitrogens with two attached hydrogens (primary N) is 2. The monoisotopic (exact) mass is 206 g/mol. The van der Waals surface area contributed by atoms with Crippen LogP contribution in [-0.4, -0.2) is 38.9 Å². The zero-order valence-corrected chi connectivity index (χ0v) is 9.66. The summed E-state index contributed by atoms with van der Waals surface area (Å²) in [6, 6.07) is -0.0899. The first kappa shape index (κ1) is 13.8. The minimum Gasteiger partial charge on any atom is -0.359 e. The molecule has 0 saturated carbocycles. The van der Waals surface area contributed by atoms with Gasteiger partial charge < -0.3 is 19.9 Å². The van der Waals surface area contributed by atoms with Crippen molar-refractivity contribution in [1.29, 1.82) is 0 Å². The molecular formula is C9H22N2O3. The molecule has 0 aromatic heterocycles. The molecule has 5 nitrogen and oxygen atoms in total. The van der Waals surface area contributed by atoms with E-state index < -0.39 is 11.5 Å². The Bertz CT molecular complexity index is 167. The van der Waals surface area contributed by atoms with Crippen LogP contribution in [0.15, 0.2) is 0 Å². The van der Waals surface area contributed by atoms with E-state index in [0.717, 1.165) is 0 Å². The highest BCUT2D eigenvalue weighted by atomic mass is 16.7. The van der Waals surface area contributed by atoms with E-state index in [1.807, 2.05) is 6.92 Å². The smallest absolute Gasteiger partial charge is 0.212 e. The quantitative estimate of drug-likeness (QED) is 0.599. The van der Waals surface area contributed by atoms with E-state index in [1.54, 1.807) is 6.92 Å². The fourth-order valence-corrected chi connectivity index (χ4v) is 1.44. The van der Waals surface area contributed by atoms with Gasteiger partial charge >= 0.3 is 0 Å². The molecule has 0 aliphatic rings. The Morgan fingerprint density at radius 1 is 1.14 bits per heavy atom. The second-order valence-electron chi connectivity index (χ2n) is 3.65. The highest BCUT2D eigenvalue weighted by Gasteiger charge is 2.48. The lowest BCUT2D eigenvalue weighted by molar-refractivity contribution is -0.306. The Labute approximate surface area is 85.7 Å². The van der Waals surface area contributed by atoms with E-state index in [4.69, 9.17) is 25.7 Å². The minimum atomic E-state index is -1.04. The molecule has 14 heavy (non-hydrogen) atoms. The van der Waals surface area contributed by atoms with Gasteiger partial charge in [0.15, 0.2) is 5.72 Å². The molecule has 0 radical (unpaired) electrons. The summed E-state index contributed by atoms with van der Waals surface area (Å²) in [6.07, 6.45) is 0.459. The number of ether oxygens (including phenoxy) is 3. The van der Waals surface area contributed by atoms with Crippen LogP contribution in [0.4, 0.5) is 0 Å². The molecule has 0 aromatic rings. The van der Waals surface area contributed by atoms with Crippen LogP contribution in [0, 0.1) is 0 Å². The number of hydrogen-bond acceptors (Lipinski definition) is 5. The topological polar surface area (TPSA) is 79.7 Å². The molecule has 0 amide bonds. The zero-order chi connectivity index (χ0) is 11.4. The zero-order valence-electron chi connectivity index (χ0n) is 9.66. The standard InChI is InChI=1S/C9H22N2O3/c1-7(10)6-9(13-4,14-5)8(2,11)12-3/h7H,6,10-11H2,1-5H3. The first-order valence-corrected chi connectivity index (χ1v) is 4.55. The first-order valence-electron chi connectivity index (χ1n) is 4.55. The molecule has 0 saturated heterocycles. The second-order valence-corrected chi connectivity index (χ2v) is 3.65. The molecule has 0 bridgehead atoms. The van der Waals surface area contributed by atoms with Crippen LogP contribution in [0.5, 0.6) is 0 Å². The van der Waals surface area contributed by atoms with E-state index in [-0.39, 0.29) is 6.04 Å². The normalized spacial score (nSPS) is 19.1. The summed E-state index contributed by atoms with van der Waals surface area (Å²) in [5.74, 6) is -1.02. The molecule has 0 heterocycles. The second kappa shape index (κ2) is 5.04. The summed E-state index contributed by atoms with van der Waals surface area (Å²) in [5.41, 5.74) is 10.6. The van der Waals surface area contributed by atoms with E-state index in [0.29, 0.717) is 6.42 Å². The lowest BCUT2D eigenvalue weighted by Gasteiger charge is -2.43. The average molecular weight is 206 g/mol. The van der Waals surface area contributed by atoms with Gasteiger partial charge in [-0.25, -0.2) is 0 Å². The van der Waals surface area contributed by atoms with Gasteiger partial charge in [0.1, 0.15) is 0 Å². The Balaban J connectivity index is 4.86. The van der Waals surface area contributed by atoms with Crippen molar-refractivity contribution in [2.24, 2.45) is 11.5 Å². The fourth-order valence-electron chi connectivity index (χ4n) is 1.44. The van der Waals surface area contributed by atoms with Crippen LogP contribution in [0.25, 0.3) is 0 Å². The van der Waals surface area contributed by atoms with Crippen molar-refractivity contribution in [3.8, 4) is 0 Å². The molecule has 0 aromatic carbocycles. The van der Waals surface area contributed by atoms with Gasteiger partial charge in [-0.2, -0.15) is 0 Å². The Kier molecular flexibility index (Phi) is 4.97. The number of methoxy groups -OCH3 is 3. The van der Waals surface area contributed by atoms with E-state index >= 15 is 0 Å².